The van der Waals surface area contributed by atoms with Gasteiger partial charge in [-0.15, -0.1) is 0 Å². The number of hydrogen-bond donors (Lipinski definition) is 2. The number of nitrogens with two attached hydrogens (primary N) is 1. The van der Waals surface area contributed by atoms with Crippen molar-refractivity contribution in [2.24, 2.45) is 5.73 Å². The normalized spacial score (nSPS) is 10.4. The lowest BCUT2D eigenvalue weighted by Crippen LogP contribution is -2.15. The van der Waals surface area contributed by atoms with Gasteiger partial charge in [0.05, 0.1) is 30.8 Å². The van der Waals surface area contributed by atoms with Gasteiger partial charge in [-0.3, -0.25) is 4.79 Å². The summed E-state index contributed by atoms with van der Waals surface area (Å²) in [5.74, 6) is -0.523. The van der Waals surface area contributed by atoms with E-state index in [2.05, 4.69) is 25.3 Å². The zero-order chi connectivity index (χ0) is 18.7. The van der Waals surface area contributed by atoms with Crippen molar-refractivity contribution < 1.29 is 13.9 Å². The highest BCUT2D eigenvalue weighted by atomic mass is 35.5. The number of para-hydroxylation sites is 1. The van der Waals surface area contributed by atoms with Crippen molar-refractivity contribution in [1.29, 1.82) is 0 Å². The van der Waals surface area contributed by atoms with Crippen molar-refractivity contribution in [2.45, 2.75) is 0 Å². The van der Waals surface area contributed by atoms with Gasteiger partial charge in [0.25, 0.3) is 5.91 Å². The standard InChI is InChI=1S/C16H12ClFN6O2/c1-26-12-9(14-20-5-8(18)6-21-14)3-2-4-11(12)23-15-10(13(19)25)7-22-16(17)24-15/h2-7H,1H3,(H2,19,25)(H,22,23,24). The average molecular weight is 375 g/mol. The Hall–Kier alpha value is -3.33. The molecule has 1 amide bonds. The molecule has 0 fully saturated rings. The number of carbonyl (C=O) groups excluding carboxylic acids is 1. The van der Waals surface area contributed by atoms with E-state index in [1.807, 2.05) is 0 Å². The van der Waals surface area contributed by atoms with Crippen LogP contribution in [-0.4, -0.2) is 33.0 Å². The van der Waals surface area contributed by atoms with Crippen molar-refractivity contribution in [3.63, 3.8) is 0 Å². The minimum Gasteiger partial charge on any atom is -0.494 e. The predicted octanol–water partition coefficient (Wildman–Crippen LogP) is 2.58. The first-order valence-electron chi connectivity index (χ1n) is 7.24. The van der Waals surface area contributed by atoms with Crippen LogP contribution >= 0.6 is 11.6 Å². The third-order valence-corrected chi connectivity index (χ3v) is 3.54. The number of nitrogens with one attached hydrogen (secondary N) is 1. The minimum absolute atomic E-state index is 0.0555. The van der Waals surface area contributed by atoms with Crippen molar-refractivity contribution in [3.8, 4) is 17.1 Å². The molecule has 0 unspecified atom stereocenters. The molecule has 3 aromatic rings. The molecule has 26 heavy (non-hydrogen) atoms. The number of halogens is 2. The zero-order valence-electron chi connectivity index (χ0n) is 13.4. The van der Waals surface area contributed by atoms with E-state index >= 15 is 0 Å². The van der Waals surface area contributed by atoms with Gasteiger partial charge in [0, 0.05) is 6.20 Å². The molecule has 0 atom stereocenters. The molecule has 0 aliphatic carbocycles. The van der Waals surface area contributed by atoms with E-state index in [9.17, 15) is 9.18 Å². The van der Waals surface area contributed by atoms with E-state index in [1.54, 1.807) is 18.2 Å². The van der Waals surface area contributed by atoms with Crippen LogP contribution in [0.3, 0.4) is 0 Å². The number of anilines is 2. The van der Waals surface area contributed by atoms with Crippen LogP contribution in [0.1, 0.15) is 10.4 Å². The number of rotatable bonds is 5. The lowest BCUT2D eigenvalue weighted by Gasteiger charge is -2.15. The molecule has 0 saturated carbocycles. The van der Waals surface area contributed by atoms with Gasteiger partial charge >= 0.3 is 0 Å². The van der Waals surface area contributed by atoms with Crippen LogP contribution < -0.4 is 15.8 Å². The number of amides is 1. The average Bonchev–Trinajstić information content (AvgIpc) is 2.62. The summed E-state index contributed by atoms with van der Waals surface area (Å²) >= 11 is 5.80. The summed E-state index contributed by atoms with van der Waals surface area (Å²) in [4.78, 5) is 27.2. The van der Waals surface area contributed by atoms with Crippen LogP contribution in [0.2, 0.25) is 5.28 Å². The van der Waals surface area contributed by atoms with Gasteiger partial charge in [-0.2, -0.15) is 4.98 Å². The fraction of sp³-hybridized carbons (Fsp3) is 0.0625. The van der Waals surface area contributed by atoms with E-state index in [4.69, 9.17) is 22.1 Å². The van der Waals surface area contributed by atoms with Crippen molar-refractivity contribution >= 4 is 29.0 Å². The van der Waals surface area contributed by atoms with Crippen LogP contribution in [0, 0.1) is 5.82 Å². The topological polar surface area (TPSA) is 116 Å². The summed E-state index contributed by atoms with van der Waals surface area (Å²) in [6.07, 6.45) is 3.33. The Bertz CT molecular complexity index is 967. The van der Waals surface area contributed by atoms with Gasteiger partial charge in [-0.05, 0) is 23.7 Å². The van der Waals surface area contributed by atoms with Crippen LogP contribution in [0.5, 0.6) is 5.75 Å². The summed E-state index contributed by atoms with van der Waals surface area (Å²) in [5.41, 5.74) is 6.36. The molecular weight excluding hydrogens is 363 g/mol. The number of nitrogens with zero attached hydrogens (tertiary/aromatic N) is 4. The summed E-state index contributed by atoms with van der Waals surface area (Å²) < 4.78 is 18.5. The Morgan fingerprint density at radius 3 is 2.62 bits per heavy atom. The van der Waals surface area contributed by atoms with Crippen molar-refractivity contribution in [1.82, 2.24) is 19.9 Å². The van der Waals surface area contributed by atoms with Gasteiger partial charge in [-0.1, -0.05) is 6.07 Å². The molecule has 0 spiro atoms. The maximum Gasteiger partial charge on any atom is 0.254 e. The molecule has 0 aliphatic rings. The van der Waals surface area contributed by atoms with Crippen LogP contribution in [0.15, 0.2) is 36.8 Å². The number of aromatic nitrogens is 4. The van der Waals surface area contributed by atoms with Crippen molar-refractivity contribution in [3.05, 3.63) is 53.5 Å². The second-order valence-corrected chi connectivity index (χ2v) is 5.34. The summed E-state index contributed by atoms with van der Waals surface area (Å²) in [5, 5.41) is 2.88. The number of benzene rings is 1. The zero-order valence-corrected chi connectivity index (χ0v) is 14.2. The van der Waals surface area contributed by atoms with E-state index < -0.39 is 11.7 Å². The molecule has 132 valence electrons. The largest absolute Gasteiger partial charge is 0.494 e. The third kappa shape index (κ3) is 3.52. The highest BCUT2D eigenvalue weighted by Gasteiger charge is 2.17. The fourth-order valence-electron chi connectivity index (χ4n) is 2.25. The van der Waals surface area contributed by atoms with Gasteiger partial charge in [0.2, 0.25) is 5.28 Å². The lowest BCUT2D eigenvalue weighted by atomic mass is 10.1. The number of carbonyl (C=O) groups is 1. The van der Waals surface area contributed by atoms with E-state index in [-0.39, 0.29) is 22.5 Å². The molecule has 0 aliphatic heterocycles. The fourth-order valence-corrected chi connectivity index (χ4v) is 2.38. The van der Waals surface area contributed by atoms with E-state index in [0.717, 1.165) is 12.4 Å². The van der Waals surface area contributed by atoms with Gasteiger partial charge in [0.1, 0.15) is 11.4 Å². The minimum atomic E-state index is -0.721. The van der Waals surface area contributed by atoms with E-state index in [1.165, 1.54) is 13.3 Å². The lowest BCUT2D eigenvalue weighted by molar-refractivity contribution is 0.100. The number of hydrogen-bond acceptors (Lipinski definition) is 7. The molecule has 10 heteroatoms. The molecule has 0 radical (unpaired) electrons. The SMILES string of the molecule is COc1c(Nc2nc(Cl)ncc2C(N)=O)cccc1-c1ncc(F)cn1. The Kier molecular flexibility index (Phi) is 4.90. The Labute approximate surface area is 152 Å². The molecule has 3 rings (SSSR count). The second kappa shape index (κ2) is 7.28. The molecule has 0 saturated heterocycles. The molecule has 2 heterocycles. The molecule has 3 N–H and O–H groups in total. The van der Waals surface area contributed by atoms with Crippen LogP contribution in [0.25, 0.3) is 11.4 Å². The van der Waals surface area contributed by atoms with E-state index in [0.29, 0.717) is 17.0 Å². The molecular formula is C16H12ClFN6O2. The smallest absolute Gasteiger partial charge is 0.254 e. The highest BCUT2D eigenvalue weighted by Crippen LogP contribution is 2.36. The summed E-state index contributed by atoms with van der Waals surface area (Å²) in [6.45, 7) is 0. The first-order valence-corrected chi connectivity index (χ1v) is 7.61. The van der Waals surface area contributed by atoms with Gasteiger partial charge in [0.15, 0.2) is 17.4 Å². The monoisotopic (exact) mass is 374 g/mol. The summed E-state index contributed by atoms with van der Waals surface area (Å²) in [6, 6.07) is 5.10. The quantitative estimate of drug-likeness (QED) is 0.659. The second-order valence-electron chi connectivity index (χ2n) is 5.00. The van der Waals surface area contributed by atoms with Gasteiger partial charge < -0.3 is 15.8 Å². The Balaban J connectivity index is 2.07. The molecule has 0 bridgehead atoms. The Morgan fingerprint density at radius 2 is 1.96 bits per heavy atom. The van der Waals surface area contributed by atoms with Crippen LogP contribution in [0.4, 0.5) is 15.9 Å². The maximum absolute atomic E-state index is 13.1. The first kappa shape index (κ1) is 17.5. The number of primary amides is 1. The summed E-state index contributed by atoms with van der Waals surface area (Å²) in [7, 11) is 1.45. The van der Waals surface area contributed by atoms with Gasteiger partial charge in [-0.25, -0.2) is 19.3 Å². The van der Waals surface area contributed by atoms with Crippen LogP contribution in [-0.2, 0) is 0 Å². The maximum atomic E-state index is 13.1. The Morgan fingerprint density at radius 1 is 1.23 bits per heavy atom. The van der Waals surface area contributed by atoms with Crippen molar-refractivity contribution in [2.75, 3.05) is 12.4 Å². The molecule has 2 aromatic heterocycles. The number of ether oxygens (including phenoxy) is 1. The highest BCUT2D eigenvalue weighted by molar-refractivity contribution is 6.28. The molecule has 1 aromatic carbocycles. The third-order valence-electron chi connectivity index (χ3n) is 3.36. The molecule has 8 nitrogen and oxygen atoms in total. The first-order chi connectivity index (χ1) is 12.5. The predicted molar refractivity (Wildman–Crippen MR) is 92.8 cm³/mol. The number of methoxy groups -OCH3 is 1.